The van der Waals surface area contributed by atoms with Gasteiger partial charge in [0.15, 0.2) is 0 Å². The van der Waals surface area contributed by atoms with Crippen LogP contribution in [0.1, 0.15) is 43.6 Å². The smallest absolute Gasteiger partial charge is 0.304 e. The Kier molecular flexibility index (Phi) is 4.01. The van der Waals surface area contributed by atoms with E-state index in [9.17, 15) is 4.79 Å². The van der Waals surface area contributed by atoms with Crippen LogP contribution in [-0.2, 0) is 11.3 Å². The molecule has 1 aromatic heterocycles. The Morgan fingerprint density at radius 3 is 3.06 bits per heavy atom. The minimum Gasteiger partial charge on any atom is -0.481 e. The minimum atomic E-state index is -0.721. The summed E-state index contributed by atoms with van der Waals surface area (Å²) in [7, 11) is 0. The third kappa shape index (κ3) is 2.72. The molecule has 1 aliphatic heterocycles. The van der Waals surface area contributed by atoms with Gasteiger partial charge in [0.2, 0.25) is 0 Å². The number of carbonyl (C=O) groups is 1. The number of rotatable bonds is 5. The van der Waals surface area contributed by atoms with Crippen LogP contribution in [0.5, 0.6) is 0 Å². The van der Waals surface area contributed by atoms with Crippen LogP contribution in [0.3, 0.4) is 0 Å². The lowest BCUT2D eigenvalue weighted by Crippen LogP contribution is -2.27. The van der Waals surface area contributed by atoms with Gasteiger partial charge < -0.3 is 5.11 Å². The standard InChI is InChI=1S/C13H21N3O2/c1-3-16-12(9-10(2)14-16)11-5-4-7-15(11)8-6-13(17)18/h9,11H,3-8H2,1-2H3,(H,17,18)/t11-/m0/s1. The topological polar surface area (TPSA) is 58.4 Å². The van der Waals surface area contributed by atoms with E-state index in [0.29, 0.717) is 12.6 Å². The summed E-state index contributed by atoms with van der Waals surface area (Å²) in [5.74, 6) is -0.721. The van der Waals surface area contributed by atoms with Crippen LogP contribution in [-0.4, -0.2) is 38.8 Å². The molecule has 1 saturated heterocycles. The fraction of sp³-hybridized carbons (Fsp3) is 0.692. The van der Waals surface area contributed by atoms with Gasteiger partial charge in [-0.05, 0) is 39.3 Å². The fourth-order valence-corrected chi connectivity index (χ4v) is 2.76. The molecule has 0 spiro atoms. The van der Waals surface area contributed by atoms with Gasteiger partial charge in [-0.2, -0.15) is 5.10 Å². The maximum atomic E-state index is 10.7. The average molecular weight is 251 g/mol. The molecule has 1 atom stereocenters. The Hall–Kier alpha value is -1.36. The van der Waals surface area contributed by atoms with E-state index >= 15 is 0 Å². The first-order valence-corrected chi connectivity index (χ1v) is 6.62. The molecule has 2 heterocycles. The van der Waals surface area contributed by atoms with Crippen LogP contribution < -0.4 is 0 Å². The molecule has 1 aromatic rings. The SMILES string of the molecule is CCn1nc(C)cc1[C@@H]1CCCN1CCC(=O)O. The molecule has 0 saturated carbocycles. The van der Waals surface area contributed by atoms with Crippen molar-refractivity contribution in [2.45, 2.75) is 45.7 Å². The summed E-state index contributed by atoms with van der Waals surface area (Å²) in [5.41, 5.74) is 2.27. The first kappa shape index (κ1) is 13.1. The van der Waals surface area contributed by atoms with E-state index in [1.165, 1.54) is 5.69 Å². The number of aryl methyl sites for hydroxylation is 2. The number of nitrogens with zero attached hydrogens (tertiary/aromatic N) is 3. The number of carboxylic acids is 1. The molecular formula is C13H21N3O2. The highest BCUT2D eigenvalue weighted by Crippen LogP contribution is 2.32. The van der Waals surface area contributed by atoms with Crippen LogP contribution >= 0.6 is 0 Å². The molecule has 0 bridgehead atoms. The van der Waals surface area contributed by atoms with E-state index < -0.39 is 5.97 Å². The normalized spacial score (nSPS) is 20.4. The highest BCUT2D eigenvalue weighted by molar-refractivity contribution is 5.66. The molecule has 2 rings (SSSR count). The number of aromatic nitrogens is 2. The molecule has 5 nitrogen and oxygen atoms in total. The Labute approximate surface area is 107 Å². The Bertz CT molecular complexity index is 428. The summed E-state index contributed by atoms with van der Waals surface area (Å²) >= 11 is 0. The van der Waals surface area contributed by atoms with Gasteiger partial charge >= 0.3 is 5.97 Å². The van der Waals surface area contributed by atoms with Crippen LogP contribution in [0.2, 0.25) is 0 Å². The summed E-state index contributed by atoms with van der Waals surface area (Å²) in [6, 6.07) is 2.47. The van der Waals surface area contributed by atoms with Gasteiger partial charge in [-0.25, -0.2) is 0 Å². The monoisotopic (exact) mass is 251 g/mol. The summed E-state index contributed by atoms with van der Waals surface area (Å²) in [6.07, 6.45) is 2.46. The minimum absolute atomic E-state index is 0.218. The number of aliphatic carboxylic acids is 1. The average Bonchev–Trinajstić information content (AvgIpc) is 2.91. The van der Waals surface area contributed by atoms with E-state index in [0.717, 1.165) is 31.6 Å². The van der Waals surface area contributed by atoms with E-state index in [1.807, 2.05) is 11.6 Å². The third-order valence-electron chi connectivity index (χ3n) is 3.55. The molecule has 0 amide bonds. The van der Waals surface area contributed by atoms with E-state index in [-0.39, 0.29) is 6.42 Å². The summed E-state index contributed by atoms with van der Waals surface area (Å²) < 4.78 is 2.04. The molecular weight excluding hydrogens is 230 g/mol. The van der Waals surface area contributed by atoms with Crippen LogP contribution in [0, 0.1) is 6.92 Å². The molecule has 0 aromatic carbocycles. The quantitative estimate of drug-likeness (QED) is 0.867. The Morgan fingerprint density at radius 2 is 2.39 bits per heavy atom. The maximum Gasteiger partial charge on any atom is 0.304 e. The predicted octanol–water partition coefficient (Wildman–Crippen LogP) is 1.82. The highest BCUT2D eigenvalue weighted by atomic mass is 16.4. The zero-order chi connectivity index (χ0) is 13.1. The Morgan fingerprint density at radius 1 is 1.61 bits per heavy atom. The van der Waals surface area contributed by atoms with Crippen molar-refractivity contribution in [1.82, 2.24) is 14.7 Å². The third-order valence-corrected chi connectivity index (χ3v) is 3.55. The lowest BCUT2D eigenvalue weighted by molar-refractivity contribution is -0.137. The zero-order valence-corrected chi connectivity index (χ0v) is 11.1. The van der Waals surface area contributed by atoms with Crippen molar-refractivity contribution in [3.05, 3.63) is 17.5 Å². The van der Waals surface area contributed by atoms with E-state index in [2.05, 4.69) is 23.0 Å². The van der Waals surface area contributed by atoms with Crippen molar-refractivity contribution in [2.75, 3.05) is 13.1 Å². The molecule has 1 N–H and O–H groups in total. The first-order chi connectivity index (χ1) is 8.61. The second-order valence-electron chi connectivity index (χ2n) is 4.86. The molecule has 1 aliphatic rings. The van der Waals surface area contributed by atoms with E-state index in [1.54, 1.807) is 0 Å². The maximum absolute atomic E-state index is 10.7. The number of hydrogen-bond acceptors (Lipinski definition) is 3. The van der Waals surface area contributed by atoms with Crippen molar-refractivity contribution in [2.24, 2.45) is 0 Å². The van der Waals surface area contributed by atoms with Gasteiger partial charge in [-0.1, -0.05) is 0 Å². The second kappa shape index (κ2) is 5.52. The summed E-state index contributed by atoms with van der Waals surface area (Å²) in [5, 5.41) is 13.3. The van der Waals surface area contributed by atoms with Crippen LogP contribution in [0.15, 0.2) is 6.07 Å². The zero-order valence-electron chi connectivity index (χ0n) is 11.1. The first-order valence-electron chi connectivity index (χ1n) is 6.62. The van der Waals surface area contributed by atoms with Crippen molar-refractivity contribution < 1.29 is 9.90 Å². The number of carboxylic acid groups (broad SMARTS) is 1. The largest absolute Gasteiger partial charge is 0.481 e. The molecule has 0 aliphatic carbocycles. The second-order valence-corrected chi connectivity index (χ2v) is 4.86. The number of likely N-dealkylation sites (tertiary alicyclic amines) is 1. The molecule has 5 heteroatoms. The highest BCUT2D eigenvalue weighted by Gasteiger charge is 2.28. The molecule has 0 radical (unpaired) electrons. The number of hydrogen-bond donors (Lipinski definition) is 1. The van der Waals surface area contributed by atoms with Gasteiger partial charge in [-0.15, -0.1) is 0 Å². The molecule has 100 valence electrons. The van der Waals surface area contributed by atoms with Gasteiger partial charge in [-0.3, -0.25) is 14.4 Å². The van der Waals surface area contributed by atoms with Gasteiger partial charge in [0.1, 0.15) is 0 Å². The summed E-state index contributed by atoms with van der Waals surface area (Å²) in [4.78, 5) is 13.0. The van der Waals surface area contributed by atoms with Crippen molar-refractivity contribution in [1.29, 1.82) is 0 Å². The Balaban J connectivity index is 2.12. The van der Waals surface area contributed by atoms with Crippen molar-refractivity contribution in [3.63, 3.8) is 0 Å². The van der Waals surface area contributed by atoms with Crippen molar-refractivity contribution >= 4 is 5.97 Å². The van der Waals surface area contributed by atoms with Crippen molar-refractivity contribution in [3.8, 4) is 0 Å². The molecule has 18 heavy (non-hydrogen) atoms. The van der Waals surface area contributed by atoms with Gasteiger partial charge in [0, 0.05) is 13.1 Å². The molecule has 0 unspecified atom stereocenters. The lowest BCUT2D eigenvalue weighted by atomic mass is 10.1. The van der Waals surface area contributed by atoms with Gasteiger partial charge in [0.25, 0.3) is 0 Å². The molecule has 1 fully saturated rings. The van der Waals surface area contributed by atoms with Crippen LogP contribution in [0.4, 0.5) is 0 Å². The predicted molar refractivity (Wildman–Crippen MR) is 68.4 cm³/mol. The fourth-order valence-electron chi connectivity index (χ4n) is 2.76. The van der Waals surface area contributed by atoms with Crippen LogP contribution in [0.25, 0.3) is 0 Å². The summed E-state index contributed by atoms with van der Waals surface area (Å²) in [6.45, 7) is 6.59. The van der Waals surface area contributed by atoms with Gasteiger partial charge in [0.05, 0.1) is 23.9 Å². The lowest BCUT2D eigenvalue weighted by Gasteiger charge is -2.24. The van der Waals surface area contributed by atoms with E-state index in [4.69, 9.17) is 5.11 Å².